The van der Waals surface area contributed by atoms with Gasteiger partial charge in [-0.25, -0.2) is 16.8 Å². The maximum atomic E-state index is 13.7. The molecule has 7 rings (SSSR count). The number of rotatable bonds is 22. The number of ketones is 1. The van der Waals surface area contributed by atoms with Gasteiger partial charge < -0.3 is 10.2 Å². The van der Waals surface area contributed by atoms with Crippen LogP contribution in [0.5, 0.6) is 0 Å². The van der Waals surface area contributed by atoms with E-state index in [1.165, 1.54) is 45.4 Å². The van der Waals surface area contributed by atoms with E-state index < -0.39 is 52.8 Å². The zero-order valence-corrected chi connectivity index (χ0v) is 44.9. The fourth-order valence-electron chi connectivity index (χ4n) is 7.94. The highest BCUT2D eigenvalue weighted by Gasteiger charge is 2.31. The van der Waals surface area contributed by atoms with Crippen molar-refractivity contribution in [1.82, 2.24) is 37.2 Å². The molecule has 0 atom stereocenters. The molecule has 1 aromatic heterocycles. The van der Waals surface area contributed by atoms with Crippen LogP contribution in [0.15, 0.2) is 114 Å². The van der Waals surface area contributed by atoms with Crippen molar-refractivity contribution in [3.05, 3.63) is 132 Å². The van der Waals surface area contributed by atoms with Gasteiger partial charge in [0.15, 0.2) is 5.78 Å². The van der Waals surface area contributed by atoms with Crippen molar-refractivity contribution in [2.24, 2.45) is 5.73 Å². The number of Topliss-reactive ketones (excluding diaryl/α,β-unsaturated/α-hetero) is 1. The van der Waals surface area contributed by atoms with E-state index in [1.807, 2.05) is 11.0 Å². The van der Waals surface area contributed by atoms with Gasteiger partial charge >= 0.3 is 26.8 Å². The summed E-state index contributed by atoms with van der Waals surface area (Å²) in [6.45, 7) is 5.14. The molecule has 0 amide bonds. The first-order valence-corrected chi connectivity index (χ1v) is 29.9. The van der Waals surface area contributed by atoms with Gasteiger partial charge in [-0.1, -0.05) is 72.8 Å². The van der Waals surface area contributed by atoms with Gasteiger partial charge in [-0.05, 0) is 47.5 Å². The van der Waals surface area contributed by atoms with Gasteiger partial charge in [-0.2, -0.15) is 42.8 Å². The third-order valence-corrected chi connectivity index (χ3v) is 18.8. The lowest BCUT2D eigenvalue weighted by Gasteiger charge is -2.35. The first kappa shape index (κ1) is 57.9. The number of piperazine rings is 2. The summed E-state index contributed by atoms with van der Waals surface area (Å²) in [7, 11) is -11.2. The van der Waals surface area contributed by atoms with Crippen LogP contribution in [0.3, 0.4) is 0 Å². The number of sulfonamides is 2. The van der Waals surface area contributed by atoms with Gasteiger partial charge in [0.2, 0.25) is 25.9 Å². The van der Waals surface area contributed by atoms with E-state index in [1.54, 1.807) is 110 Å². The molecular weight excluding hydrogens is 1040 g/mol. The largest absolute Gasteiger partial charge is 0.415 e. The zero-order chi connectivity index (χ0) is 53.8. The van der Waals surface area contributed by atoms with E-state index in [4.69, 9.17) is 10.2 Å². The molecule has 21 nitrogen and oxygen atoms in total. The number of hydrogen-bond acceptors (Lipinski definition) is 15. The summed E-state index contributed by atoms with van der Waals surface area (Å²) in [6.07, 6.45) is -0.488. The Morgan fingerprint density at radius 1 is 0.595 bits per heavy atom. The van der Waals surface area contributed by atoms with Crippen LogP contribution in [0.2, 0.25) is 0 Å². The standard InChI is InChI=1S/C24H30F2N6O5S2.C23H33N5O5S2/c1-29(12-13-30-14-16-31(17-15-30)38(2,33)34)39(35,36)32(21-6-4-3-5-7-21)18-19-8-10-20(11-9-19)23-27-28-24(37-23)22(25)26;1-25(12-13-26-14-16-27(17-15-26)34(2,30)31)35(32,33)28(22-6-4-3-5-7-22)19-20-8-10-21(11-9-20)23(29)18-24/h3-11,22H,12-18H2,1-2H3;3-11H,12-19,24H2,1-2H3. The molecule has 74 heavy (non-hydrogen) atoms. The van der Waals surface area contributed by atoms with Crippen molar-refractivity contribution in [2.75, 3.05) is 120 Å². The van der Waals surface area contributed by atoms with Crippen LogP contribution in [0.4, 0.5) is 20.2 Å². The fraction of sp³-hybridized carbons (Fsp3) is 0.426. The van der Waals surface area contributed by atoms with E-state index in [0.29, 0.717) is 93.5 Å². The molecule has 5 aromatic rings. The van der Waals surface area contributed by atoms with Crippen LogP contribution in [-0.4, -0.2) is 188 Å². The van der Waals surface area contributed by atoms with Crippen molar-refractivity contribution in [1.29, 1.82) is 0 Å². The molecule has 0 radical (unpaired) electrons. The molecule has 0 spiro atoms. The topological polar surface area (TPSA) is 244 Å². The number of carbonyl (C=O) groups excluding carboxylic acids is 1. The minimum atomic E-state index is -3.95. The first-order valence-electron chi connectivity index (χ1n) is 23.4. The SMILES string of the molecule is CN(CCN1CCN(S(C)(=O)=O)CC1)S(=O)(=O)N(Cc1ccc(-c2nnc(C(F)F)o2)cc1)c1ccccc1.CN(CCN1CCN(S(C)(=O)=O)CC1)S(=O)(=O)N(Cc1ccc(C(=O)CN)cc1)c1ccccc1. The van der Waals surface area contributed by atoms with Gasteiger partial charge in [-0.15, -0.1) is 10.2 Å². The quantitative estimate of drug-likeness (QED) is 0.0980. The number of carbonyl (C=O) groups is 1. The third kappa shape index (κ3) is 15.6. The highest BCUT2D eigenvalue weighted by atomic mass is 32.2. The second-order valence-corrected chi connectivity index (χ2v) is 25.5. The molecule has 2 fully saturated rings. The van der Waals surface area contributed by atoms with Crippen LogP contribution in [-0.2, 0) is 53.6 Å². The normalized spacial score (nSPS) is 15.8. The van der Waals surface area contributed by atoms with Crippen LogP contribution >= 0.6 is 0 Å². The average Bonchev–Trinajstić information content (AvgIpc) is 3.90. The highest BCUT2D eigenvalue weighted by Crippen LogP contribution is 2.27. The average molecular weight is 1110 g/mol. The molecule has 404 valence electrons. The molecule has 3 heterocycles. The molecule has 2 N–H and O–H groups in total. The van der Waals surface area contributed by atoms with Crippen molar-refractivity contribution < 1.29 is 51.7 Å². The Balaban J connectivity index is 0.000000242. The van der Waals surface area contributed by atoms with E-state index in [2.05, 4.69) is 15.1 Å². The lowest BCUT2D eigenvalue weighted by molar-refractivity contribution is 0.100. The Bertz CT molecular complexity index is 3060. The molecule has 27 heteroatoms. The summed E-state index contributed by atoms with van der Waals surface area (Å²) in [6, 6.07) is 30.9. The minimum Gasteiger partial charge on any atom is -0.415 e. The molecule has 0 bridgehead atoms. The Labute approximate surface area is 433 Å². The predicted octanol–water partition coefficient (Wildman–Crippen LogP) is 3.02. The van der Waals surface area contributed by atoms with Crippen molar-refractivity contribution in [3.8, 4) is 11.5 Å². The number of halogens is 2. The summed E-state index contributed by atoms with van der Waals surface area (Å²) in [5, 5.41) is 6.96. The van der Waals surface area contributed by atoms with E-state index in [-0.39, 0.29) is 44.4 Å². The van der Waals surface area contributed by atoms with Crippen LogP contribution < -0.4 is 14.3 Å². The Morgan fingerprint density at radius 2 is 0.986 bits per heavy atom. The van der Waals surface area contributed by atoms with Gasteiger partial charge in [0, 0.05) is 104 Å². The summed E-state index contributed by atoms with van der Waals surface area (Å²) in [4.78, 5) is 15.9. The number of aromatic nitrogens is 2. The second-order valence-electron chi connectivity index (χ2n) is 17.6. The van der Waals surface area contributed by atoms with Crippen molar-refractivity contribution >= 4 is 57.6 Å². The van der Waals surface area contributed by atoms with E-state index in [9.17, 15) is 47.2 Å². The van der Waals surface area contributed by atoms with E-state index >= 15 is 0 Å². The van der Waals surface area contributed by atoms with Crippen molar-refractivity contribution in [3.63, 3.8) is 0 Å². The maximum absolute atomic E-state index is 13.7. The molecule has 0 saturated carbocycles. The smallest absolute Gasteiger partial charge is 0.314 e. The molecule has 2 aliphatic heterocycles. The number of nitrogens with zero attached hydrogens (tertiary/aromatic N) is 10. The predicted molar refractivity (Wildman–Crippen MR) is 279 cm³/mol. The second kappa shape index (κ2) is 25.5. The fourth-order valence-corrected chi connectivity index (χ4v) is 12.3. The zero-order valence-electron chi connectivity index (χ0n) is 41.6. The summed E-state index contributed by atoms with van der Waals surface area (Å²) in [5.74, 6) is -1.00. The van der Waals surface area contributed by atoms with Crippen LogP contribution in [0.25, 0.3) is 11.5 Å². The van der Waals surface area contributed by atoms with Gasteiger partial charge in [-0.3, -0.25) is 23.2 Å². The molecule has 2 aliphatic rings. The summed E-state index contributed by atoms with van der Waals surface area (Å²) in [5.41, 5.74) is 8.74. The van der Waals surface area contributed by atoms with Gasteiger partial charge in [0.1, 0.15) is 0 Å². The third-order valence-electron chi connectivity index (χ3n) is 12.4. The van der Waals surface area contributed by atoms with E-state index in [0.717, 1.165) is 5.56 Å². The monoisotopic (exact) mass is 1110 g/mol. The van der Waals surface area contributed by atoms with Gasteiger partial charge in [0.05, 0.1) is 43.5 Å². The number of nitrogens with two attached hydrogens (primary N) is 1. The molecule has 4 aromatic carbocycles. The lowest BCUT2D eigenvalue weighted by atomic mass is 10.1. The number of hydrogen-bond donors (Lipinski definition) is 1. The Hall–Kier alpha value is -5.33. The molecule has 2 saturated heterocycles. The van der Waals surface area contributed by atoms with Gasteiger partial charge in [0.25, 0.3) is 5.89 Å². The Morgan fingerprint density at radius 3 is 1.34 bits per heavy atom. The summed E-state index contributed by atoms with van der Waals surface area (Å²) >= 11 is 0. The van der Waals surface area contributed by atoms with Crippen LogP contribution in [0, 0.1) is 0 Å². The molecule has 0 aliphatic carbocycles. The highest BCUT2D eigenvalue weighted by molar-refractivity contribution is 7.90. The number of likely N-dealkylation sites (N-methyl/N-ethyl adjacent to an activating group) is 2. The molecular formula is C47H63F2N11O10S4. The number of alkyl halides is 2. The van der Waals surface area contributed by atoms with Crippen LogP contribution in [0.1, 0.15) is 33.8 Å². The number of benzene rings is 4. The van der Waals surface area contributed by atoms with Crippen molar-refractivity contribution in [2.45, 2.75) is 19.5 Å². The Kier molecular flexibility index (Phi) is 19.9. The number of anilines is 2. The summed E-state index contributed by atoms with van der Waals surface area (Å²) < 4.78 is 140. The lowest BCUT2D eigenvalue weighted by Crippen LogP contribution is -2.51. The number of para-hydroxylation sites is 2. The first-order chi connectivity index (χ1) is 35.0. The molecule has 0 unspecified atom stereocenters. The maximum Gasteiger partial charge on any atom is 0.314 e. The minimum absolute atomic E-state index is 0.0239.